The summed E-state index contributed by atoms with van der Waals surface area (Å²) in [5.41, 5.74) is 5.95. The summed E-state index contributed by atoms with van der Waals surface area (Å²) in [6.07, 6.45) is 1.51. The Morgan fingerprint density at radius 1 is 1.67 bits per heavy atom. The molecule has 0 bridgehead atoms. The molecule has 1 amide bonds. The number of ether oxygens (including phenoxy) is 1. The van der Waals surface area contributed by atoms with Crippen LogP contribution >= 0.6 is 11.3 Å². The summed E-state index contributed by atoms with van der Waals surface area (Å²) < 4.78 is 5.48. The van der Waals surface area contributed by atoms with Crippen LogP contribution in [-0.2, 0) is 9.53 Å². The quantitative estimate of drug-likeness (QED) is 0.835. The highest BCUT2D eigenvalue weighted by Crippen LogP contribution is 2.26. The molecule has 3 unspecified atom stereocenters. The number of thiophene rings is 1. The molecule has 5 nitrogen and oxygen atoms in total. The maximum absolute atomic E-state index is 12.4. The van der Waals surface area contributed by atoms with E-state index in [0.717, 1.165) is 11.3 Å². The maximum atomic E-state index is 12.4. The molecule has 2 rings (SSSR count). The lowest BCUT2D eigenvalue weighted by Crippen LogP contribution is -2.54. The number of aliphatic hydroxyl groups is 1. The second kappa shape index (κ2) is 7.89. The fourth-order valence-corrected chi connectivity index (χ4v) is 3.37. The van der Waals surface area contributed by atoms with Gasteiger partial charge in [0.1, 0.15) is 0 Å². The standard InChI is InChI=1S/C15H24N2O3S/c1-2-4-12(16)15(19)17-6-7-20-10-11(17)9-13(18)14-5-3-8-21-14/h3,5,8,11-13,18H,2,4,6-7,9-10,16H2,1H3. The Kier molecular flexibility index (Phi) is 6.17. The molecule has 3 N–H and O–H groups in total. The molecule has 0 radical (unpaired) electrons. The normalized spacial score (nSPS) is 22.0. The Balaban J connectivity index is 2.00. The summed E-state index contributed by atoms with van der Waals surface area (Å²) in [4.78, 5) is 15.1. The van der Waals surface area contributed by atoms with Crippen LogP contribution < -0.4 is 5.73 Å². The average Bonchev–Trinajstić information content (AvgIpc) is 3.01. The highest BCUT2D eigenvalue weighted by molar-refractivity contribution is 7.10. The fraction of sp³-hybridized carbons (Fsp3) is 0.667. The van der Waals surface area contributed by atoms with E-state index in [9.17, 15) is 9.90 Å². The van der Waals surface area contributed by atoms with Crippen molar-refractivity contribution in [2.75, 3.05) is 19.8 Å². The molecule has 0 aromatic carbocycles. The monoisotopic (exact) mass is 312 g/mol. The second-order valence-corrected chi connectivity index (χ2v) is 6.40. The molecule has 3 atom stereocenters. The van der Waals surface area contributed by atoms with Gasteiger partial charge in [0.05, 0.1) is 31.4 Å². The van der Waals surface area contributed by atoms with Gasteiger partial charge in [0, 0.05) is 17.8 Å². The van der Waals surface area contributed by atoms with E-state index in [1.807, 2.05) is 24.4 Å². The van der Waals surface area contributed by atoms with Crippen molar-refractivity contribution in [3.05, 3.63) is 22.4 Å². The molecule has 0 spiro atoms. The van der Waals surface area contributed by atoms with E-state index in [4.69, 9.17) is 10.5 Å². The number of nitrogens with two attached hydrogens (primary N) is 1. The van der Waals surface area contributed by atoms with Crippen molar-refractivity contribution >= 4 is 17.2 Å². The first-order chi connectivity index (χ1) is 10.1. The number of hydrogen-bond donors (Lipinski definition) is 2. The number of morpholine rings is 1. The number of nitrogens with zero attached hydrogens (tertiary/aromatic N) is 1. The number of amides is 1. The summed E-state index contributed by atoms with van der Waals surface area (Å²) in [5, 5.41) is 12.2. The molecule has 0 aliphatic carbocycles. The zero-order chi connectivity index (χ0) is 15.2. The van der Waals surface area contributed by atoms with Crippen LogP contribution in [0.15, 0.2) is 17.5 Å². The number of carbonyl (C=O) groups excluding carboxylic acids is 1. The van der Waals surface area contributed by atoms with Crippen molar-refractivity contribution < 1.29 is 14.6 Å². The first-order valence-electron chi connectivity index (χ1n) is 7.48. The van der Waals surface area contributed by atoms with Gasteiger partial charge in [0.2, 0.25) is 5.91 Å². The van der Waals surface area contributed by atoms with E-state index >= 15 is 0 Å². The fourth-order valence-electron chi connectivity index (χ4n) is 2.64. The smallest absolute Gasteiger partial charge is 0.239 e. The molecule has 0 saturated carbocycles. The largest absolute Gasteiger partial charge is 0.387 e. The van der Waals surface area contributed by atoms with Gasteiger partial charge in [-0.2, -0.15) is 0 Å². The van der Waals surface area contributed by atoms with E-state index in [1.54, 1.807) is 4.90 Å². The molecule has 1 aromatic heterocycles. The lowest BCUT2D eigenvalue weighted by Gasteiger charge is -2.38. The molecule has 118 valence electrons. The van der Waals surface area contributed by atoms with Gasteiger partial charge in [0.15, 0.2) is 0 Å². The Morgan fingerprint density at radius 2 is 2.48 bits per heavy atom. The van der Waals surface area contributed by atoms with Crippen molar-refractivity contribution in [3.8, 4) is 0 Å². The number of aliphatic hydroxyl groups excluding tert-OH is 1. The van der Waals surface area contributed by atoms with Crippen molar-refractivity contribution in [1.82, 2.24) is 4.90 Å². The molecule has 2 heterocycles. The highest BCUT2D eigenvalue weighted by Gasteiger charge is 2.31. The van der Waals surface area contributed by atoms with Crippen molar-refractivity contribution in [2.45, 2.75) is 44.4 Å². The third-order valence-corrected chi connectivity index (χ3v) is 4.77. The summed E-state index contributed by atoms with van der Waals surface area (Å²) in [6, 6.07) is 3.27. The van der Waals surface area contributed by atoms with Crippen LogP contribution in [-0.4, -0.2) is 47.8 Å². The average molecular weight is 312 g/mol. The van der Waals surface area contributed by atoms with Gasteiger partial charge in [-0.3, -0.25) is 4.79 Å². The number of rotatable bonds is 6. The Hall–Kier alpha value is -0.950. The van der Waals surface area contributed by atoms with Crippen LogP contribution in [0.3, 0.4) is 0 Å². The van der Waals surface area contributed by atoms with E-state index in [2.05, 4.69) is 0 Å². The van der Waals surface area contributed by atoms with Crippen LogP contribution in [0.5, 0.6) is 0 Å². The van der Waals surface area contributed by atoms with Gasteiger partial charge >= 0.3 is 0 Å². The molecule has 1 aromatic rings. The Bertz CT molecular complexity index is 438. The minimum absolute atomic E-state index is 0.0245. The van der Waals surface area contributed by atoms with Crippen LogP contribution in [0.1, 0.15) is 37.2 Å². The molecular weight excluding hydrogens is 288 g/mol. The van der Waals surface area contributed by atoms with E-state index < -0.39 is 12.1 Å². The van der Waals surface area contributed by atoms with E-state index in [-0.39, 0.29) is 11.9 Å². The lowest BCUT2D eigenvalue weighted by molar-refractivity contribution is -0.142. The molecule has 1 aliphatic heterocycles. The first kappa shape index (κ1) is 16.4. The van der Waals surface area contributed by atoms with Gasteiger partial charge in [-0.1, -0.05) is 19.4 Å². The van der Waals surface area contributed by atoms with E-state index in [0.29, 0.717) is 32.6 Å². The van der Waals surface area contributed by atoms with Gasteiger partial charge < -0.3 is 20.5 Å². The summed E-state index contributed by atoms with van der Waals surface area (Å²) in [5.74, 6) is -0.0245. The summed E-state index contributed by atoms with van der Waals surface area (Å²) in [6.45, 7) is 3.58. The van der Waals surface area contributed by atoms with Crippen LogP contribution in [0, 0.1) is 0 Å². The zero-order valence-corrected chi connectivity index (χ0v) is 13.2. The lowest BCUT2D eigenvalue weighted by atomic mass is 10.0. The first-order valence-corrected chi connectivity index (χ1v) is 8.36. The van der Waals surface area contributed by atoms with Crippen molar-refractivity contribution in [2.24, 2.45) is 5.73 Å². The minimum atomic E-state index is -0.561. The highest BCUT2D eigenvalue weighted by atomic mass is 32.1. The molecule has 1 saturated heterocycles. The van der Waals surface area contributed by atoms with Gasteiger partial charge in [0.25, 0.3) is 0 Å². The minimum Gasteiger partial charge on any atom is -0.387 e. The van der Waals surface area contributed by atoms with E-state index in [1.165, 1.54) is 11.3 Å². The summed E-state index contributed by atoms with van der Waals surface area (Å²) in [7, 11) is 0. The van der Waals surface area contributed by atoms with Crippen LogP contribution in [0.4, 0.5) is 0 Å². The number of hydrogen-bond acceptors (Lipinski definition) is 5. The maximum Gasteiger partial charge on any atom is 0.239 e. The summed E-state index contributed by atoms with van der Waals surface area (Å²) >= 11 is 1.52. The molecule has 1 fully saturated rings. The van der Waals surface area contributed by atoms with Crippen molar-refractivity contribution in [3.63, 3.8) is 0 Å². The van der Waals surface area contributed by atoms with Gasteiger partial charge in [-0.05, 0) is 17.9 Å². The predicted octanol–water partition coefficient (Wildman–Crippen LogP) is 1.53. The SMILES string of the molecule is CCCC(N)C(=O)N1CCOCC1CC(O)c1cccs1. The van der Waals surface area contributed by atoms with Crippen LogP contribution in [0.2, 0.25) is 0 Å². The topological polar surface area (TPSA) is 75.8 Å². The molecule has 1 aliphatic rings. The zero-order valence-electron chi connectivity index (χ0n) is 12.4. The predicted molar refractivity (Wildman–Crippen MR) is 83.1 cm³/mol. The molecular formula is C15H24N2O3S. The second-order valence-electron chi connectivity index (χ2n) is 5.42. The van der Waals surface area contributed by atoms with Crippen molar-refractivity contribution in [1.29, 1.82) is 0 Å². The van der Waals surface area contributed by atoms with Gasteiger partial charge in [-0.15, -0.1) is 11.3 Å². The van der Waals surface area contributed by atoms with Crippen LogP contribution in [0.25, 0.3) is 0 Å². The number of carbonyl (C=O) groups is 1. The third-order valence-electron chi connectivity index (χ3n) is 3.79. The Labute approximate surface area is 129 Å². The molecule has 21 heavy (non-hydrogen) atoms. The Morgan fingerprint density at radius 3 is 3.14 bits per heavy atom. The third kappa shape index (κ3) is 4.26. The van der Waals surface area contributed by atoms with Gasteiger partial charge in [-0.25, -0.2) is 0 Å². The molecule has 6 heteroatoms.